The number of hydrogen-bond acceptors (Lipinski definition) is 1. The predicted octanol–water partition coefficient (Wildman–Crippen LogP) is 1.13. The average Bonchev–Trinajstić information content (AvgIpc) is 1.77. The molecule has 8 heavy (non-hydrogen) atoms. The van der Waals surface area contributed by atoms with Crippen LogP contribution in [0.3, 0.4) is 0 Å². The van der Waals surface area contributed by atoms with Gasteiger partial charge in [-0.05, 0) is 25.0 Å². The molecule has 0 atom stereocenters. The second-order valence-electron chi connectivity index (χ2n) is 1.78. The summed E-state index contributed by atoms with van der Waals surface area (Å²) < 4.78 is 0. The molecule has 0 aromatic rings. The summed E-state index contributed by atoms with van der Waals surface area (Å²) in [4.78, 5) is 10.4. The van der Waals surface area contributed by atoms with Gasteiger partial charge in [0.15, 0.2) is 5.78 Å². The van der Waals surface area contributed by atoms with E-state index in [1.54, 1.807) is 12.2 Å². The first-order chi connectivity index (χ1) is 3.79. The third kappa shape index (κ3) is 1.06. The van der Waals surface area contributed by atoms with Crippen molar-refractivity contribution in [3.63, 3.8) is 0 Å². The molecule has 0 saturated carbocycles. The summed E-state index contributed by atoms with van der Waals surface area (Å²) in [5.74, 6) is 0.248. The van der Waals surface area contributed by atoms with Gasteiger partial charge < -0.3 is 0 Å². The van der Waals surface area contributed by atoms with Crippen LogP contribution in [0, 0.1) is 12.8 Å². The zero-order chi connectivity index (χ0) is 5.98. The molecule has 0 heterocycles. The Labute approximate surface area is 48.7 Å². The maximum absolute atomic E-state index is 10.4. The van der Waals surface area contributed by atoms with Crippen LogP contribution in [-0.2, 0) is 4.79 Å². The zero-order valence-corrected chi connectivity index (χ0v) is 4.50. The highest BCUT2D eigenvalue weighted by Gasteiger charge is 1.98. The van der Waals surface area contributed by atoms with Gasteiger partial charge in [-0.1, -0.05) is 12.2 Å². The molecule has 0 aromatic heterocycles. The Morgan fingerprint density at radius 3 is 2.25 bits per heavy atom. The van der Waals surface area contributed by atoms with Crippen LogP contribution in [-0.4, -0.2) is 5.78 Å². The molecule has 0 N–H and O–H groups in total. The Morgan fingerprint density at radius 1 is 1.38 bits per heavy atom. The zero-order valence-electron chi connectivity index (χ0n) is 4.50. The van der Waals surface area contributed by atoms with Crippen molar-refractivity contribution >= 4 is 5.78 Å². The Bertz CT molecular complexity index is 138. The lowest BCUT2D eigenvalue weighted by Crippen LogP contribution is -1.95. The van der Waals surface area contributed by atoms with E-state index >= 15 is 0 Å². The van der Waals surface area contributed by atoms with Crippen molar-refractivity contribution in [2.75, 3.05) is 0 Å². The third-order valence-corrected chi connectivity index (χ3v) is 1.02. The van der Waals surface area contributed by atoms with Gasteiger partial charge in [0.25, 0.3) is 0 Å². The molecule has 41 valence electrons. The van der Waals surface area contributed by atoms with Gasteiger partial charge in [-0.3, -0.25) is 4.79 Å². The summed E-state index contributed by atoms with van der Waals surface area (Å²) in [5.41, 5.74) is 0. The Hall–Kier alpha value is -0.850. The summed E-state index contributed by atoms with van der Waals surface area (Å²) in [6, 6.07) is 0. The van der Waals surface area contributed by atoms with Crippen molar-refractivity contribution in [1.29, 1.82) is 0 Å². The molecule has 1 heteroatoms. The average molecular weight is 107 g/mol. The Kier molecular flexibility index (Phi) is 1.29. The number of allylic oxidation sites excluding steroid dienone is 4. The van der Waals surface area contributed by atoms with Gasteiger partial charge in [0.1, 0.15) is 0 Å². The minimum absolute atomic E-state index is 0.0601. The lowest BCUT2D eigenvalue weighted by molar-refractivity contribution is -0.110. The highest BCUT2D eigenvalue weighted by atomic mass is 16.1. The summed E-state index contributed by atoms with van der Waals surface area (Å²) in [7, 11) is 0. The van der Waals surface area contributed by atoms with E-state index in [0.29, 0.717) is 0 Å². The fourth-order valence-corrected chi connectivity index (χ4v) is 0.557. The van der Waals surface area contributed by atoms with Crippen molar-refractivity contribution in [3.05, 3.63) is 31.2 Å². The highest BCUT2D eigenvalue weighted by molar-refractivity contribution is 6.00. The molecule has 1 aliphatic rings. The van der Waals surface area contributed by atoms with Gasteiger partial charge in [0.2, 0.25) is 0 Å². The first-order valence-electron chi connectivity index (χ1n) is 2.52. The highest BCUT2D eigenvalue weighted by Crippen LogP contribution is 2.03. The van der Waals surface area contributed by atoms with Gasteiger partial charge in [-0.25, -0.2) is 0 Å². The topological polar surface area (TPSA) is 17.1 Å². The van der Waals surface area contributed by atoms with E-state index in [1.807, 2.05) is 0 Å². The van der Waals surface area contributed by atoms with E-state index in [-0.39, 0.29) is 11.7 Å². The summed E-state index contributed by atoms with van der Waals surface area (Å²) in [6.45, 7) is 3.71. The lowest BCUT2D eigenvalue weighted by Gasteiger charge is -1.99. The molecule has 1 aliphatic carbocycles. The minimum atomic E-state index is 0.0601. The summed E-state index contributed by atoms with van der Waals surface area (Å²) in [5, 5.41) is 0. The van der Waals surface area contributed by atoms with Crippen LogP contribution in [0.4, 0.5) is 0 Å². The molecule has 1 nitrogen and oxygen atoms in total. The predicted molar refractivity (Wildman–Crippen MR) is 32.1 cm³/mol. The number of hydrogen-bond donors (Lipinski definition) is 0. The fourth-order valence-electron chi connectivity index (χ4n) is 0.557. The number of carbonyl (C=O) groups is 1. The molecule has 0 aliphatic heterocycles. The van der Waals surface area contributed by atoms with Crippen molar-refractivity contribution in [3.8, 4) is 0 Å². The SMILES string of the molecule is [CH2]C1C=CC(=O)C=C1. The third-order valence-electron chi connectivity index (χ3n) is 1.02. The first kappa shape index (κ1) is 5.29. The van der Waals surface area contributed by atoms with Crippen molar-refractivity contribution in [2.24, 2.45) is 5.92 Å². The minimum Gasteiger partial charge on any atom is -0.290 e. The van der Waals surface area contributed by atoms with Crippen LogP contribution in [0.25, 0.3) is 0 Å². The molecule has 0 unspecified atom stereocenters. The van der Waals surface area contributed by atoms with Crippen LogP contribution in [0.1, 0.15) is 0 Å². The van der Waals surface area contributed by atoms with Gasteiger partial charge in [0, 0.05) is 0 Å². The molecule has 0 fully saturated rings. The van der Waals surface area contributed by atoms with Crippen molar-refractivity contribution in [1.82, 2.24) is 0 Å². The first-order valence-corrected chi connectivity index (χ1v) is 2.52. The normalized spacial score (nSPS) is 19.9. The smallest absolute Gasteiger partial charge is 0.178 e. The second kappa shape index (κ2) is 1.95. The molecule has 1 radical (unpaired) electrons. The molecular formula is C7H7O. The summed E-state index contributed by atoms with van der Waals surface area (Å²) in [6.07, 6.45) is 6.64. The van der Waals surface area contributed by atoms with Crippen LogP contribution < -0.4 is 0 Å². The van der Waals surface area contributed by atoms with Crippen molar-refractivity contribution in [2.45, 2.75) is 0 Å². The quantitative estimate of drug-likeness (QED) is 0.453. The van der Waals surface area contributed by atoms with Crippen LogP contribution >= 0.6 is 0 Å². The Morgan fingerprint density at radius 2 is 1.88 bits per heavy atom. The largest absolute Gasteiger partial charge is 0.290 e. The van der Waals surface area contributed by atoms with E-state index in [1.165, 1.54) is 12.2 Å². The molecule has 1 rings (SSSR count). The second-order valence-corrected chi connectivity index (χ2v) is 1.78. The van der Waals surface area contributed by atoms with Crippen LogP contribution in [0.5, 0.6) is 0 Å². The van der Waals surface area contributed by atoms with Gasteiger partial charge in [-0.15, -0.1) is 0 Å². The molecule has 0 aromatic carbocycles. The van der Waals surface area contributed by atoms with Crippen molar-refractivity contribution < 1.29 is 4.79 Å². The molecular weight excluding hydrogens is 100 g/mol. The van der Waals surface area contributed by atoms with Crippen LogP contribution in [0.15, 0.2) is 24.3 Å². The van der Waals surface area contributed by atoms with Gasteiger partial charge >= 0.3 is 0 Å². The molecule has 0 spiro atoms. The number of ketones is 1. The Balaban J connectivity index is 2.68. The maximum Gasteiger partial charge on any atom is 0.178 e. The van der Waals surface area contributed by atoms with E-state index in [2.05, 4.69) is 6.92 Å². The van der Waals surface area contributed by atoms with E-state index in [0.717, 1.165) is 0 Å². The number of rotatable bonds is 0. The van der Waals surface area contributed by atoms with E-state index in [9.17, 15) is 4.79 Å². The lowest BCUT2D eigenvalue weighted by atomic mass is 10.1. The van der Waals surface area contributed by atoms with Crippen LogP contribution in [0.2, 0.25) is 0 Å². The fraction of sp³-hybridized carbons (Fsp3) is 0.143. The summed E-state index contributed by atoms with van der Waals surface area (Å²) >= 11 is 0. The van der Waals surface area contributed by atoms with Gasteiger partial charge in [0.05, 0.1) is 0 Å². The molecule has 0 saturated heterocycles. The van der Waals surface area contributed by atoms with E-state index in [4.69, 9.17) is 0 Å². The van der Waals surface area contributed by atoms with E-state index < -0.39 is 0 Å². The number of carbonyl (C=O) groups excluding carboxylic acids is 1. The maximum atomic E-state index is 10.4. The monoisotopic (exact) mass is 107 g/mol. The van der Waals surface area contributed by atoms with Gasteiger partial charge in [-0.2, -0.15) is 0 Å². The standard InChI is InChI=1S/C7H7O/c1-6-2-4-7(8)5-3-6/h2-6H,1H2. The molecule has 0 bridgehead atoms. The molecule has 0 amide bonds.